The van der Waals surface area contributed by atoms with Gasteiger partial charge in [-0.2, -0.15) is 5.10 Å². The van der Waals surface area contributed by atoms with Gasteiger partial charge in [-0.05, 0) is 49.6 Å². The van der Waals surface area contributed by atoms with Crippen LogP contribution in [0.25, 0.3) is 11.3 Å². The number of nitrogens with zero attached hydrogens (tertiary/aromatic N) is 3. The van der Waals surface area contributed by atoms with Crippen LogP contribution in [0, 0.1) is 17.5 Å². The van der Waals surface area contributed by atoms with Gasteiger partial charge in [0.2, 0.25) is 0 Å². The molecule has 1 saturated heterocycles. The lowest BCUT2D eigenvalue weighted by Gasteiger charge is -2.20. The van der Waals surface area contributed by atoms with Crippen molar-refractivity contribution >= 4 is 5.69 Å². The van der Waals surface area contributed by atoms with Crippen LogP contribution in [-0.4, -0.2) is 43.8 Å². The maximum absolute atomic E-state index is 14.7. The van der Waals surface area contributed by atoms with Crippen molar-refractivity contribution in [2.24, 2.45) is 12.8 Å². The highest BCUT2D eigenvalue weighted by Crippen LogP contribution is 2.34. The Bertz CT molecular complexity index is 1200. The molecule has 0 bridgehead atoms. The molecule has 5 atom stereocenters. The molecule has 36 heavy (non-hydrogen) atoms. The third-order valence-corrected chi connectivity index (χ3v) is 6.20. The molecule has 3 heterocycles. The Labute approximate surface area is 204 Å². The van der Waals surface area contributed by atoms with Crippen LogP contribution in [0.15, 0.2) is 30.5 Å². The van der Waals surface area contributed by atoms with E-state index < -0.39 is 59.4 Å². The number of nitrogens with two attached hydrogens (primary N) is 1. The van der Waals surface area contributed by atoms with E-state index in [9.17, 15) is 27.8 Å². The van der Waals surface area contributed by atoms with Gasteiger partial charge in [-0.3, -0.25) is 4.68 Å². The predicted octanol–water partition coefficient (Wildman–Crippen LogP) is 3.57. The summed E-state index contributed by atoms with van der Waals surface area (Å²) in [5, 5.41) is 27.4. The number of anilines is 1. The van der Waals surface area contributed by atoms with Crippen molar-refractivity contribution in [3.8, 4) is 11.3 Å². The third-order valence-electron chi connectivity index (χ3n) is 6.20. The Hall–Kier alpha value is -3.06. The first kappa shape index (κ1) is 26.0. The molecule has 5 N–H and O–H groups in total. The number of aliphatic hydroxyl groups is 2. The zero-order chi connectivity index (χ0) is 26.1. The second-order valence-electron chi connectivity index (χ2n) is 8.80. The topological polar surface area (TPSA) is 118 Å². The molecular weight excluding hydrogens is 482 g/mol. The number of nitrogens with one attached hydrogen (secondary N) is 1. The number of aryl methyl sites for hydroxylation is 1. The first-order chi connectivity index (χ1) is 17.1. The number of ether oxygens (including phenoxy) is 1. The van der Waals surface area contributed by atoms with Gasteiger partial charge in [-0.15, -0.1) is 0 Å². The second-order valence-corrected chi connectivity index (χ2v) is 8.80. The summed E-state index contributed by atoms with van der Waals surface area (Å²) in [5.41, 5.74) is 5.20. The summed E-state index contributed by atoms with van der Waals surface area (Å²) in [5.74, 6) is -3.22. The largest absolute Gasteiger partial charge is 0.389 e. The van der Waals surface area contributed by atoms with Crippen molar-refractivity contribution in [3.05, 3.63) is 64.9 Å². The van der Waals surface area contributed by atoms with Crippen LogP contribution in [0.1, 0.15) is 55.2 Å². The van der Waals surface area contributed by atoms with Gasteiger partial charge in [0.05, 0.1) is 41.5 Å². The van der Waals surface area contributed by atoms with E-state index in [1.165, 1.54) is 23.9 Å². The standard InChI is InChI=1S/C24H27F4N5O3/c1-11(34)12-7-14(26)21(15(27)8-12)22-13(25)3-5-18(31-22)24(35)32-19-9-30-33(2)23(19)20-6-4-17(29)16(28)10-36-20/h3,5,7-9,11,16-17,20,24,32,34-35H,4,6,10,29H2,1-2H3/t11?,16-,17+,20-,24?/m0/s1. The number of aromatic nitrogens is 3. The SMILES string of the molecule is CC(O)c1cc(F)c(-c2nc(C(O)Nc3cnn(C)c3[C@@H]3CC[C@@H](N)[C@@H](F)CO3)ccc2F)c(F)c1. The van der Waals surface area contributed by atoms with E-state index in [0.717, 1.165) is 18.2 Å². The quantitative estimate of drug-likeness (QED) is 0.296. The molecule has 3 aromatic rings. The number of alkyl halides is 1. The van der Waals surface area contributed by atoms with E-state index in [0.29, 0.717) is 24.2 Å². The summed E-state index contributed by atoms with van der Waals surface area (Å²) in [6, 6.07) is 3.25. The number of hydrogen-bond acceptors (Lipinski definition) is 7. The Morgan fingerprint density at radius 2 is 1.83 bits per heavy atom. The fourth-order valence-corrected chi connectivity index (χ4v) is 4.16. The highest BCUT2D eigenvalue weighted by Gasteiger charge is 2.30. The van der Waals surface area contributed by atoms with Gasteiger partial charge >= 0.3 is 0 Å². The van der Waals surface area contributed by atoms with E-state index >= 15 is 0 Å². The van der Waals surface area contributed by atoms with Crippen LogP contribution >= 0.6 is 0 Å². The summed E-state index contributed by atoms with van der Waals surface area (Å²) < 4.78 is 65.1. The molecule has 1 aromatic carbocycles. The molecule has 0 saturated carbocycles. The molecule has 1 aliphatic heterocycles. The van der Waals surface area contributed by atoms with Gasteiger partial charge in [0.15, 0.2) is 6.23 Å². The van der Waals surface area contributed by atoms with Gasteiger partial charge in [0, 0.05) is 13.1 Å². The summed E-state index contributed by atoms with van der Waals surface area (Å²) in [6.45, 7) is 1.15. The molecule has 4 rings (SSSR count). The van der Waals surface area contributed by atoms with Crippen molar-refractivity contribution < 1.29 is 32.5 Å². The Morgan fingerprint density at radius 3 is 2.50 bits per heavy atom. The summed E-state index contributed by atoms with van der Waals surface area (Å²) in [6.07, 6.45) is -2.27. The molecule has 194 valence electrons. The number of benzene rings is 1. The monoisotopic (exact) mass is 509 g/mol. The summed E-state index contributed by atoms with van der Waals surface area (Å²) >= 11 is 0. The number of aliphatic hydroxyl groups excluding tert-OH is 2. The number of rotatable bonds is 6. The van der Waals surface area contributed by atoms with Crippen molar-refractivity contribution in [2.45, 2.75) is 50.4 Å². The average Bonchev–Trinajstić information content (AvgIpc) is 3.09. The lowest BCUT2D eigenvalue weighted by atomic mass is 10.0. The molecule has 8 nitrogen and oxygen atoms in total. The molecule has 1 aliphatic rings. The van der Waals surface area contributed by atoms with Crippen LogP contribution < -0.4 is 11.1 Å². The molecule has 2 unspecified atom stereocenters. The fourth-order valence-electron chi connectivity index (χ4n) is 4.16. The number of pyridine rings is 1. The van der Waals surface area contributed by atoms with Gasteiger partial charge in [0.1, 0.15) is 35.4 Å². The van der Waals surface area contributed by atoms with E-state index in [-0.39, 0.29) is 17.9 Å². The average molecular weight is 510 g/mol. The highest BCUT2D eigenvalue weighted by atomic mass is 19.1. The number of hydrogen-bond donors (Lipinski definition) is 4. The normalized spacial score (nSPS) is 22.2. The van der Waals surface area contributed by atoms with E-state index in [1.807, 2.05) is 0 Å². The first-order valence-electron chi connectivity index (χ1n) is 11.4. The zero-order valence-electron chi connectivity index (χ0n) is 19.6. The minimum Gasteiger partial charge on any atom is -0.389 e. The van der Waals surface area contributed by atoms with Gasteiger partial charge < -0.3 is 26.0 Å². The summed E-state index contributed by atoms with van der Waals surface area (Å²) in [4.78, 5) is 3.96. The lowest BCUT2D eigenvalue weighted by molar-refractivity contribution is 0.0246. The molecule has 2 aromatic heterocycles. The maximum Gasteiger partial charge on any atom is 0.168 e. The predicted molar refractivity (Wildman–Crippen MR) is 123 cm³/mol. The molecule has 0 amide bonds. The van der Waals surface area contributed by atoms with E-state index in [1.54, 1.807) is 7.05 Å². The smallest absolute Gasteiger partial charge is 0.168 e. The van der Waals surface area contributed by atoms with Gasteiger partial charge in [0.25, 0.3) is 0 Å². The van der Waals surface area contributed by atoms with Crippen molar-refractivity contribution in [1.82, 2.24) is 14.8 Å². The second kappa shape index (κ2) is 10.5. The first-order valence-corrected chi connectivity index (χ1v) is 11.4. The Balaban J connectivity index is 1.62. The van der Waals surface area contributed by atoms with Crippen LogP contribution in [0.2, 0.25) is 0 Å². The molecule has 12 heteroatoms. The van der Waals surface area contributed by atoms with Gasteiger partial charge in [-0.25, -0.2) is 22.5 Å². The van der Waals surface area contributed by atoms with Crippen molar-refractivity contribution in [2.75, 3.05) is 11.9 Å². The Morgan fingerprint density at radius 1 is 1.14 bits per heavy atom. The number of halogens is 4. The third kappa shape index (κ3) is 5.21. The summed E-state index contributed by atoms with van der Waals surface area (Å²) in [7, 11) is 1.66. The highest BCUT2D eigenvalue weighted by molar-refractivity contribution is 5.62. The minimum atomic E-state index is -1.52. The van der Waals surface area contributed by atoms with Crippen molar-refractivity contribution in [1.29, 1.82) is 0 Å². The van der Waals surface area contributed by atoms with Gasteiger partial charge in [-0.1, -0.05) is 0 Å². The molecule has 0 spiro atoms. The van der Waals surface area contributed by atoms with Crippen LogP contribution in [0.5, 0.6) is 0 Å². The van der Waals surface area contributed by atoms with E-state index in [2.05, 4.69) is 15.4 Å². The van der Waals surface area contributed by atoms with E-state index in [4.69, 9.17) is 10.5 Å². The fraction of sp³-hybridized carbons (Fsp3) is 0.417. The van der Waals surface area contributed by atoms with Crippen LogP contribution in [-0.2, 0) is 11.8 Å². The van der Waals surface area contributed by atoms with Crippen molar-refractivity contribution in [3.63, 3.8) is 0 Å². The minimum absolute atomic E-state index is 0.0168. The zero-order valence-corrected chi connectivity index (χ0v) is 19.6. The molecule has 0 aliphatic carbocycles. The maximum atomic E-state index is 14.7. The van der Waals surface area contributed by atoms with Crippen LogP contribution in [0.3, 0.4) is 0 Å². The lowest BCUT2D eigenvalue weighted by Crippen LogP contribution is -2.32. The molecular formula is C24H27F4N5O3. The Kier molecular flexibility index (Phi) is 7.59. The van der Waals surface area contributed by atoms with Crippen LogP contribution in [0.4, 0.5) is 23.2 Å². The molecule has 1 fully saturated rings. The molecule has 0 radical (unpaired) electrons.